The molecule has 15 heavy (non-hydrogen) atoms. The summed E-state index contributed by atoms with van der Waals surface area (Å²) in [5.74, 6) is 0. The van der Waals surface area contributed by atoms with Gasteiger partial charge in [-0.15, -0.1) is 6.58 Å². The van der Waals surface area contributed by atoms with Crippen molar-refractivity contribution in [2.24, 2.45) is 0 Å². The first-order valence-electron chi connectivity index (χ1n) is 5.57. The van der Waals surface area contributed by atoms with Crippen molar-refractivity contribution < 1.29 is 9.84 Å². The van der Waals surface area contributed by atoms with Crippen LogP contribution < -0.4 is 5.32 Å². The molecule has 0 aromatic rings. The number of hydrogen-bond donors (Lipinski definition) is 2. The topological polar surface area (TPSA) is 41.5 Å². The van der Waals surface area contributed by atoms with E-state index in [1.54, 1.807) is 7.11 Å². The van der Waals surface area contributed by atoms with E-state index in [0.29, 0.717) is 25.6 Å². The standard InChI is InChI=1S/C12H25NO2/c1-5-6-7-11(2)13-10-12(3,14)8-9-15-4/h5,11,13-14H,1,6-10H2,2-4H3. The molecular formula is C12H25NO2. The van der Waals surface area contributed by atoms with Gasteiger partial charge >= 0.3 is 0 Å². The minimum Gasteiger partial charge on any atom is -0.389 e. The second-order valence-electron chi connectivity index (χ2n) is 4.39. The van der Waals surface area contributed by atoms with Gasteiger partial charge in [-0.3, -0.25) is 0 Å². The second kappa shape index (κ2) is 7.85. The molecule has 90 valence electrons. The van der Waals surface area contributed by atoms with Crippen molar-refractivity contribution in [3.63, 3.8) is 0 Å². The van der Waals surface area contributed by atoms with Crippen molar-refractivity contribution in [3.8, 4) is 0 Å². The Kier molecular flexibility index (Phi) is 7.65. The van der Waals surface area contributed by atoms with E-state index in [9.17, 15) is 5.11 Å². The van der Waals surface area contributed by atoms with E-state index in [1.807, 2.05) is 13.0 Å². The van der Waals surface area contributed by atoms with Gasteiger partial charge in [0, 0.05) is 32.7 Å². The molecule has 0 aliphatic heterocycles. The van der Waals surface area contributed by atoms with E-state index in [4.69, 9.17) is 4.74 Å². The van der Waals surface area contributed by atoms with Gasteiger partial charge < -0.3 is 15.2 Å². The Hall–Kier alpha value is -0.380. The largest absolute Gasteiger partial charge is 0.389 e. The number of allylic oxidation sites excluding steroid dienone is 1. The van der Waals surface area contributed by atoms with Gasteiger partial charge in [0.1, 0.15) is 0 Å². The minimum absolute atomic E-state index is 0.414. The normalized spacial score (nSPS) is 17.1. The maximum Gasteiger partial charge on any atom is 0.0765 e. The van der Waals surface area contributed by atoms with Gasteiger partial charge in [-0.2, -0.15) is 0 Å². The van der Waals surface area contributed by atoms with Crippen LogP contribution in [0.5, 0.6) is 0 Å². The molecule has 0 radical (unpaired) electrons. The van der Waals surface area contributed by atoms with Crippen LogP contribution in [0.3, 0.4) is 0 Å². The lowest BCUT2D eigenvalue weighted by Gasteiger charge is -2.25. The Morgan fingerprint density at radius 2 is 2.27 bits per heavy atom. The molecule has 0 rings (SSSR count). The quantitative estimate of drug-likeness (QED) is 0.575. The zero-order valence-corrected chi connectivity index (χ0v) is 10.3. The van der Waals surface area contributed by atoms with Crippen LogP contribution in [0.2, 0.25) is 0 Å². The molecule has 2 atom stereocenters. The molecule has 2 unspecified atom stereocenters. The summed E-state index contributed by atoms with van der Waals surface area (Å²) in [7, 11) is 1.65. The lowest BCUT2D eigenvalue weighted by molar-refractivity contribution is 0.0230. The maximum absolute atomic E-state index is 9.96. The van der Waals surface area contributed by atoms with Crippen LogP contribution in [-0.4, -0.2) is 37.0 Å². The summed E-state index contributed by atoms with van der Waals surface area (Å²) in [6.07, 6.45) is 4.64. The Labute approximate surface area is 93.5 Å². The summed E-state index contributed by atoms with van der Waals surface area (Å²) in [5, 5.41) is 13.3. The summed E-state index contributed by atoms with van der Waals surface area (Å²) in [6.45, 7) is 8.84. The van der Waals surface area contributed by atoms with Crippen molar-refractivity contribution >= 4 is 0 Å². The lowest BCUT2D eigenvalue weighted by Crippen LogP contribution is -2.42. The Morgan fingerprint density at radius 3 is 2.80 bits per heavy atom. The maximum atomic E-state index is 9.96. The van der Waals surface area contributed by atoms with Crippen molar-refractivity contribution in [2.75, 3.05) is 20.3 Å². The summed E-state index contributed by atoms with van der Waals surface area (Å²) >= 11 is 0. The van der Waals surface area contributed by atoms with Crippen molar-refractivity contribution in [3.05, 3.63) is 12.7 Å². The fraction of sp³-hybridized carbons (Fsp3) is 0.833. The number of hydrogen-bond acceptors (Lipinski definition) is 3. The highest BCUT2D eigenvalue weighted by molar-refractivity contribution is 4.78. The van der Waals surface area contributed by atoms with Crippen LogP contribution in [0, 0.1) is 0 Å². The zero-order valence-electron chi connectivity index (χ0n) is 10.3. The van der Waals surface area contributed by atoms with Crippen LogP contribution in [-0.2, 0) is 4.74 Å². The number of nitrogens with one attached hydrogen (secondary N) is 1. The molecule has 0 aromatic heterocycles. The Morgan fingerprint density at radius 1 is 1.60 bits per heavy atom. The third-order valence-corrected chi connectivity index (χ3v) is 2.48. The molecule has 3 nitrogen and oxygen atoms in total. The predicted molar refractivity (Wildman–Crippen MR) is 64.0 cm³/mol. The first-order chi connectivity index (χ1) is 7.02. The molecule has 0 saturated carbocycles. The van der Waals surface area contributed by atoms with Crippen LogP contribution >= 0.6 is 0 Å². The van der Waals surface area contributed by atoms with Gasteiger partial charge in [0.05, 0.1) is 5.60 Å². The fourth-order valence-electron chi connectivity index (χ4n) is 1.27. The van der Waals surface area contributed by atoms with E-state index in [-0.39, 0.29) is 0 Å². The number of ether oxygens (including phenoxy) is 1. The van der Waals surface area contributed by atoms with E-state index in [0.717, 1.165) is 12.8 Å². The average molecular weight is 215 g/mol. The number of methoxy groups -OCH3 is 1. The summed E-state index contributed by atoms with van der Waals surface area (Å²) in [5.41, 5.74) is -0.682. The average Bonchev–Trinajstić information content (AvgIpc) is 2.21. The molecule has 2 N–H and O–H groups in total. The molecule has 0 aliphatic rings. The summed E-state index contributed by atoms with van der Waals surface area (Å²) in [6, 6.07) is 0.414. The molecule has 0 aliphatic carbocycles. The van der Waals surface area contributed by atoms with Gasteiger partial charge in [-0.1, -0.05) is 6.08 Å². The molecule has 0 aromatic carbocycles. The van der Waals surface area contributed by atoms with Crippen LogP contribution in [0.25, 0.3) is 0 Å². The highest BCUT2D eigenvalue weighted by atomic mass is 16.5. The van der Waals surface area contributed by atoms with E-state index < -0.39 is 5.60 Å². The predicted octanol–water partition coefficient (Wildman–Crippen LogP) is 1.72. The van der Waals surface area contributed by atoms with Gasteiger partial charge in [0.2, 0.25) is 0 Å². The molecule has 0 spiro atoms. The Bertz CT molecular complexity index is 169. The first-order valence-corrected chi connectivity index (χ1v) is 5.57. The van der Waals surface area contributed by atoms with Gasteiger partial charge in [-0.25, -0.2) is 0 Å². The second-order valence-corrected chi connectivity index (χ2v) is 4.39. The highest BCUT2D eigenvalue weighted by Crippen LogP contribution is 2.08. The van der Waals surface area contributed by atoms with Crippen molar-refractivity contribution in [1.82, 2.24) is 5.32 Å². The SMILES string of the molecule is C=CCCC(C)NCC(C)(O)CCOC. The number of rotatable bonds is 9. The highest BCUT2D eigenvalue weighted by Gasteiger charge is 2.20. The van der Waals surface area contributed by atoms with E-state index >= 15 is 0 Å². The first kappa shape index (κ1) is 14.6. The van der Waals surface area contributed by atoms with Gasteiger partial charge in [0.15, 0.2) is 0 Å². The summed E-state index contributed by atoms with van der Waals surface area (Å²) < 4.78 is 4.95. The Balaban J connectivity index is 3.66. The van der Waals surface area contributed by atoms with E-state index in [2.05, 4.69) is 18.8 Å². The van der Waals surface area contributed by atoms with Crippen molar-refractivity contribution in [1.29, 1.82) is 0 Å². The zero-order chi connectivity index (χ0) is 11.7. The molecule has 0 bridgehead atoms. The number of aliphatic hydroxyl groups is 1. The van der Waals surface area contributed by atoms with Crippen LogP contribution in [0.4, 0.5) is 0 Å². The van der Waals surface area contributed by atoms with Crippen LogP contribution in [0.1, 0.15) is 33.1 Å². The lowest BCUT2D eigenvalue weighted by atomic mass is 10.0. The monoisotopic (exact) mass is 215 g/mol. The third-order valence-electron chi connectivity index (χ3n) is 2.48. The molecule has 3 heteroatoms. The molecule has 0 amide bonds. The van der Waals surface area contributed by atoms with Gasteiger partial charge in [0.25, 0.3) is 0 Å². The van der Waals surface area contributed by atoms with Gasteiger partial charge in [-0.05, 0) is 26.7 Å². The van der Waals surface area contributed by atoms with E-state index in [1.165, 1.54) is 0 Å². The summed E-state index contributed by atoms with van der Waals surface area (Å²) in [4.78, 5) is 0. The molecule has 0 fully saturated rings. The molecule has 0 heterocycles. The molecular weight excluding hydrogens is 190 g/mol. The fourth-order valence-corrected chi connectivity index (χ4v) is 1.27. The third kappa shape index (κ3) is 8.60. The van der Waals surface area contributed by atoms with Crippen LogP contribution in [0.15, 0.2) is 12.7 Å². The smallest absolute Gasteiger partial charge is 0.0765 e. The van der Waals surface area contributed by atoms with Crippen molar-refractivity contribution in [2.45, 2.75) is 44.8 Å². The molecule has 0 saturated heterocycles. The minimum atomic E-state index is -0.682.